The lowest BCUT2D eigenvalue weighted by molar-refractivity contribution is -0.138. The average molecular weight is 341 g/mol. The van der Waals surface area contributed by atoms with E-state index in [-0.39, 0.29) is 11.8 Å². The summed E-state index contributed by atoms with van der Waals surface area (Å²) in [5, 5.41) is 2.87. The minimum absolute atomic E-state index is 0.106. The van der Waals surface area contributed by atoms with Gasteiger partial charge in [-0.3, -0.25) is 9.59 Å². The number of nitrogens with zero attached hydrogens (tertiary/aromatic N) is 2. The minimum Gasteiger partial charge on any atom is -0.441 e. The molecule has 2 heterocycles. The second kappa shape index (κ2) is 7.09. The van der Waals surface area contributed by atoms with Gasteiger partial charge in [-0.05, 0) is 44.9 Å². The van der Waals surface area contributed by atoms with E-state index in [2.05, 4.69) is 10.3 Å². The van der Waals surface area contributed by atoms with Gasteiger partial charge < -0.3 is 14.6 Å². The Labute approximate surface area is 147 Å². The Hall–Kier alpha value is -2.63. The SMILES string of the molecule is Cc1nc(-c2cccc(NC(=O)C3CCCCN(C)C3=O)c2)oc1C. The number of oxazole rings is 1. The van der Waals surface area contributed by atoms with Crippen LogP contribution in [0.3, 0.4) is 0 Å². The Balaban J connectivity index is 1.77. The monoisotopic (exact) mass is 341 g/mol. The maximum Gasteiger partial charge on any atom is 0.236 e. The summed E-state index contributed by atoms with van der Waals surface area (Å²) >= 11 is 0. The van der Waals surface area contributed by atoms with E-state index in [0.29, 0.717) is 24.5 Å². The molecule has 1 aromatic carbocycles. The highest BCUT2D eigenvalue weighted by atomic mass is 16.4. The molecule has 132 valence electrons. The lowest BCUT2D eigenvalue weighted by Crippen LogP contribution is -2.38. The number of benzene rings is 1. The topological polar surface area (TPSA) is 75.4 Å². The molecule has 6 heteroatoms. The zero-order valence-corrected chi connectivity index (χ0v) is 14.8. The molecule has 25 heavy (non-hydrogen) atoms. The molecular weight excluding hydrogens is 318 g/mol. The van der Waals surface area contributed by atoms with Gasteiger partial charge >= 0.3 is 0 Å². The minimum atomic E-state index is -0.623. The molecular formula is C19H23N3O3. The molecule has 0 spiro atoms. The van der Waals surface area contributed by atoms with E-state index in [1.165, 1.54) is 0 Å². The lowest BCUT2D eigenvalue weighted by Gasteiger charge is -2.19. The van der Waals surface area contributed by atoms with Gasteiger partial charge in [0.2, 0.25) is 17.7 Å². The Kier molecular flexibility index (Phi) is 4.88. The summed E-state index contributed by atoms with van der Waals surface area (Å²) in [6.45, 7) is 4.47. The summed E-state index contributed by atoms with van der Waals surface area (Å²) in [5.74, 6) is 0.316. The van der Waals surface area contributed by atoms with E-state index in [9.17, 15) is 9.59 Å². The van der Waals surface area contributed by atoms with Gasteiger partial charge in [0.05, 0.1) is 5.69 Å². The van der Waals surface area contributed by atoms with Crippen LogP contribution in [0.25, 0.3) is 11.5 Å². The number of carbonyl (C=O) groups is 2. The first-order chi connectivity index (χ1) is 12.0. The van der Waals surface area contributed by atoms with Crippen LogP contribution in [-0.2, 0) is 9.59 Å². The highest BCUT2D eigenvalue weighted by Crippen LogP contribution is 2.25. The molecule has 1 atom stereocenters. The number of nitrogens with one attached hydrogen (secondary N) is 1. The van der Waals surface area contributed by atoms with Gasteiger partial charge in [0.25, 0.3) is 0 Å². The molecule has 2 amide bonds. The molecule has 1 fully saturated rings. The summed E-state index contributed by atoms with van der Waals surface area (Å²) < 4.78 is 5.64. The molecule has 1 aliphatic rings. The lowest BCUT2D eigenvalue weighted by atomic mass is 10.0. The van der Waals surface area contributed by atoms with Crippen LogP contribution in [0.2, 0.25) is 0 Å². The number of carbonyl (C=O) groups excluding carboxylic acids is 2. The Bertz CT molecular complexity index is 777. The first-order valence-corrected chi connectivity index (χ1v) is 8.56. The van der Waals surface area contributed by atoms with E-state index in [1.54, 1.807) is 18.0 Å². The summed E-state index contributed by atoms with van der Waals surface area (Å²) in [6.07, 6.45) is 2.40. The molecule has 2 aromatic rings. The Morgan fingerprint density at radius 1 is 1.32 bits per heavy atom. The Morgan fingerprint density at radius 3 is 2.84 bits per heavy atom. The highest BCUT2D eigenvalue weighted by Gasteiger charge is 2.30. The van der Waals surface area contributed by atoms with E-state index in [1.807, 2.05) is 32.0 Å². The molecule has 0 aliphatic carbocycles. The van der Waals surface area contributed by atoms with Gasteiger partial charge in [0.1, 0.15) is 11.7 Å². The summed E-state index contributed by atoms with van der Waals surface area (Å²) in [6, 6.07) is 7.33. The highest BCUT2D eigenvalue weighted by molar-refractivity contribution is 6.06. The van der Waals surface area contributed by atoms with Crippen molar-refractivity contribution in [1.82, 2.24) is 9.88 Å². The third kappa shape index (κ3) is 3.73. The van der Waals surface area contributed by atoms with Gasteiger partial charge in [0.15, 0.2) is 0 Å². The fraction of sp³-hybridized carbons (Fsp3) is 0.421. The van der Waals surface area contributed by atoms with E-state index < -0.39 is 5.92 Å². The second-order valence-electron chi connectivity index (χ2n) is 6.54. The standard InChI is InChI=1S/C19H23N3O3/c1-12-13(2)25-18(20-12)14-7-6-8-15(11-14)21-17(23)16-9-4-5-10-22(3)19(16)24/h6-8,11,16H,4-5,9-10H2,1-3H3,(H,21,23). The first kappa shape index (κ1) is 17.2. The number of aryl methyl sites for hydroxylation is 2. The molecule has 1 unspecified atom stereocenters. The molecule has 1 aliphatic heterocycles. The van der Waals surface area contributed by atoms with E-state index >= 15 is 0 Å². The van der Waals surface area contributed by atoms with Gasteiger partial charge in [0, 0.05) is 24.8 Å². The molecule has 1 aromatic heterocycles. The second-order valence-corrected chi connectivity index (χ2v) is 6.54. The third-order valence-corrected chi connectivity index (χ3v) is 4.63. The van der Waals surface area contributed by atoms with Gasteiger partial charge in [-0.2, -0.15) is 0 Å². The van der Waals surface area contributed by atoms with Crippen molar-refractivity contribution in [2.24, 2.45) is 5.92 Å². The molecule has 0 bridgehead atoms. The predicted octanol–water partition coefficient (Wildman–Crippen LogP) is 3.16. The number of hydrogen-bond acceptors (Lipinski definition) is 4. The van der Waals surface area contributed by atoms with Crippen LogP contribution in [0, 0.1) is 19.8 Å². The van der Waals surface area contributed by atoms with Crippen molar-refractivity contribution in [3.05, 3.63) is 35.7 Å². The van der Waals surface area contributed by atoms with Crippen LogP contribution in [0.5, 0.6) is 0 Å². The van der Waals surface area contributed by atoms with Crippen molar-refractivity contribution in [3.63, 3.8) is 0 Å². The zero-order chi connectivity index (χ0) is 18.0. The Morgan fingerprint density at radius 2 is 2.12 bits per heavy atom. The maximum atomic E-state index is 12.6. The number of rotatable bonds is 3. The number of amides is 2. The average Bonchev–Trinajstić information content (AvgIpc) is 2.83. The largest absolute Gasteiger partial charge is 0.441 e. The van der Waals surface area contributed by atoms with Crippen molar-refractivity contribution in [2.45, 2.75) is 33.1 Å². The van der Waals surface area contributed by atoms with Crippen molar-refractivity contribution in [3.8, 4) is 11.5 Å². The fourth-order valence-corrected chi connectivity index (χ4v) is 3.00. The van der Waals surface area contributed by atoms with Crippen molar-refractivity contribution in [1.29, 1.82) is 0 Å². The smallest absolute Gasteiger partial charge is 0.236 e. The van der Waals surface area contributed by atoms with E-state index in [0.717, 1.165) is 29.9 Å². The first-order valence-electron chi connectivity index (χ1n) is 8.56. The molecule has 1 N–H and O–H groups in total. The summed E-state index contributed by atoms with van der Waals surface area (Å²) in [4.78, 5) is 31.0. The zero-order valence-electron chi connectivity index (χ0n) is 14.8. The number of likely N-dealkylation sites (tertiary alicyclic amines) is 1. The number of anilines is 1. The molecule has 6 nitrogen and oxygen atoms in total. The molecule has 0 radical (unpaired) electrons. The molecule has 1 saturated heterocycles. The molecule has 3 rings (SSSR count). The number of aromatic nitrogens is 1. The van der Waals surface area contributed by atoms with Crippen LogP contribution in [0.15, 0.2) is 28.7 Å². The fourth-order valence-electron chi connectivity index (χ4n) is 3.00. The molecule has 0 saturated carbocycles. The summed E-state index contributed by atoms with van der Waals surface area (Å²) in [5.41, 5.74) is 2.27. The quantitative estimate of drug-likeness (QED) is 0.870. The number of hydrogen-bond donors (Lipinski definition) is 1. The van der Waals surface area contributed by atoms with Gasteiger partial charge in [-0.1, -0.05) is 12.5 Å². The normalized spacial score (nSPS) is 18.1. The van der Waals surface area contributed by atoms with E-state index in [4.69, 9.17) is 4.42 Å². The van der Waals surface area contributed by atoms with Crippen molar-refractivity contribution < 1.29 is 14.0 Å². The van der Waals surface area contributed by atoms with Crippen LogP contribution in [0.1, 0.15) is 30.7 Å². The summed E-state index contributed by atoms with van der Waals surface area (Å²) in [7, 11) is 1.75. The van der Waals surface area contributed by atoms with Gasteiger partial charge in [-0.15, -0.1) is 0 Å². The van der Waals surface area contributed by atoms with Crippen LogP contribution < -0.4 is 5.32 Å². The van der Waals surface area contributed by atoms with Crippen LogP contribution in [0.4, 0.5) is 5.69 Å². The third-order valence-electron chi connectivity index (χ3n) is 4.63. The van der Waals surface area contributed by atoms with Crippen molar-refractivity contribution >= 4 is 17.5 Å². The van der Waals surface area contributed by atoms with Gasteiger partial charge in [-0.25, -0.2) is 4.98 Å². The maximum absolute atomic E-state index is 12.6. The van der Waals surface area contributed by atoms with Crippen molar-refractivity contribution in [2.75, 3.05) is 18.9 Å². The van der Waals surface area contributed by atoms with Crippen LogP contribution in [-0.4, -0.2) is 35.3 Å². The predicted molar refractivity (Wildman–Crippen MR) is 95.0 cm³/mol. The van der Waals surface area contributed by atoms with Crippen LogP contribution >= 0.6 is 0 Å².